The van der Waals surface area contributed by atoms with Crippen molar-refractivity contribution in [2.45, 2.75) is 27.7 Å². The minimum absolute atomic E-state index is 0.197. The molecule has 0 aliphatic heterocycles. The maximum atomic E-state index is 12.4. The Labute approximate surface area is 151 Å². The Morgan fingerprint density at radius 2 is 1.52 bits per heavy atom. The number of nitrogens with zero attached hydrogens (tertiary/aromatic N) is 1. The third-order valence-corrected chi connectivity index (χ3v) is 4.75. The van der Waals surface area contributed by atoms with E-state index in [0.29, 0.717) is 10.8 Å². The number of aryl methyl sites for hydroxylation is 4. The monoisotopic (exact) mass is 351 g/mol. The van der Waals surface area contributed by atoms with Crippen molar-refractivity contribution in [3.8, 4) is 0 Å². The average Bonchev–Trinajstić information content (AvgIpc) is 3.01. The number of anilines is 3. The molecule has 0 aliphatic rings. The van der Waals surface area contributed by atoms with Crippen LogP contribution in [-0.4, -0.2) is 10.9 Å². The number of amides is 1. The van der Waals surface area contributed by atoms with E-state index in [2.05, 4.69) is 41.6 Å². The molecule has 0 aliphatic carbocycles. The number of hydrogen-bond acceptors (Lipinski definition) is 4. The van der Waals surface area contributed by atoms with Gasteiger partial charge in [0.05, 0.1) is 0 Å². The van der Waals surface area contributed by atoms with Gasteiger partial charge in [-0.15, -0.1) is 11.3 Å². The molecule has 0 radical (unpaired) electrons. The van der Waals surface area contributed by atoms with Crippen LogP contribution in [0.25, 0.3) is 0 Å². The van der Waals surface area contributed by atoms with E-state index in [9.17, 15) is 4.79 Å². The van der Waals surface area contributed by atoms with Crippen molar-refractivity contribution in [1.29, 1.82) is 0 Å². The fourth-order valence-corrected chi connectivity index (χ4v) is 3.35. The second-order valence-corrected chi connectivity index (χ2v) is 7.11. The second-order valence-electron chi connectivity index (χ2n) is 6.25. The Morgan fingerprint density at radius 3 is 2.12 bits per heavy atom. The number of benzene rings is 2. The smallest absolute Gasteiger partial charge is 0.275 e. The second kappa shape index (κ2) is 7.07. The van der Waals surface area contributed by atoms with Crippen LogP contribution in [0, 0.1) is 27.7 Å². The molecule has 2 N–H and O–H groups in total. The molecular weight excluding hydrogens is 330 g/mol. The lowest BCUT2D eigenvalue weighted by molar-refractivity contribution is 0.102. The molecule has 0 unspecified atom stereocenters. The predicted octanol–water partition coefficient (Wildman–Crippen LogP) is 5.37. The third kappa shape index (κ3) is 4.06. The van der Waals surface area contributed by atoms with E-state index in [0.717, 1.165) is 22.5 Å². The highest BCUT2D eigenvalue weighted by molar-refractivity contribution is 7.14. The van der Waals surface area contributed by atoms with Gasteiger partial charge in [0.1, 0.15) is 5.69 Å². The lowest BCUT2D eigenvalue weighted by Crippen LogP contribution is -2.13. The molecular formula is C20H21N3OS. The van der Waals surface area contributed by atoms with Crippen LogP contribution in [0.3, 0.4) is 0 Å². The zero-order valence-corrected chi connectivity index (χ0v) is 15.6. The Hall–Kier alpha value is -2.66. The molecule has 0 saturated heterocycles. The number of rotatable bonds is 4. The van der Waals surface area contributed by atoms with Crippen molar-refractivity contribution in [3.63, 3.8) is 0 Å². The molecule has 4 nitrogen and oxygen atoms in total. The first-order valence-electron chi connectivity index (χ1n) is 8.11. The lowest BCUT2D eigenvalue weighted by Gasteiger charge is -2.08. The summed E-state index contributed by atoms with van der Waals surface area (Å²) in [5.74, 6) is -0.197. The maximum absolute atomic E-state index is 12.4. The molecule has 1 heterocycles. The van der Waals surface area contributed by atoms with Gasteiger partial charge in [0.2, 0.25) is 0 Å². The van der Waals surface area contributed by atoms with Crippen LogP contribution >= 0.6 is 11.3 Å². The topological polar surface area (TPSA) is 54.0 Å². The van der Waals surface area contributed by atoms with Crippen LogP contribution in [0.4, 0.5) is 16.5 Å². The minimum Gasteiger partial charge on any atom is -0.331 e. The summed E-state index contributed by atoms with van der Waals surface area (Å²) >= 11 is 1.42. The zero-order chi connectivity index (χ0) is 18.0. The Morgan fingerprint density at radius 1 is 0.920 bits per heavy atom. The summed E-state index contributed by atoms with van der Waals surface area (Å²) in [5.41, 5.74) is 6.81. The fraction of sp³-hybridized carbons (Fsp3) is 0.200. The van der Waals surface area contributed by atoms with Gasteiger partial charge in [0.25, 0.3) is 5.91 Å². The third-order valence-electron chi connectivity index (χ3n) is 3.99. The van der Waals surface area contributed by atoms with Crippen molar-refractivity contribution < 1.29 is 4.79 Å². The summed E-state index contributed by atoms with van der Waals surface area (Å²) in [7, 11) is 0. The van der Waals surface area contributed by atoms with Gasteiger partial charge in [-0.05, 0) is 51.0 Å². The van der Waals surface area contributed by atoms with E-state index >= 15 is 0 Å². The molecule has 1 aromatic heterocycles. The summed E-state index contributed by atoms with van der Waals surface area (Å²) in [6, 6.07) is 12.1. The zero-order valence-electron chi connectivity index (χ0n) is 14.8. The van der Waals surface area contributed by atoms with Crippen molar-refractivity contribution in [2.24, 2.45) is 0 Å². The molecule has 0 atom stereocenters. The quantitative estimate of drug-likeness (QED) is 0.664. The number of nitrogens with one attached hydrogen (secondary N) is 2. The summed E-state index contributed by atoms with van der Waals surface area (Å²) in [4.78, 5) is 16.8. The van der Waals surface area contributed by atoms with Crippen LogP contribution in [0.15, 0.2) is 41.8 Å². The van der Waals surface area contributed by atoms with Gasteiger partial charge in [-0.3, -0.25) is 4.79 Å². The van der Waals surface area contributed by atoms with E-state index in [1.807, 2.05) is 38.1 Å². The Bertz CT molecular complexity index is 930. The summed E-state index contributed by atoms with van der Waals surface area (Å²) in [5, 5.41) is 8.69. The normalized spacial score (nSPS) is 10.6. The summed E-state index contributed by atoms with van der Waals surface area (Å²) in [6.07, 6.45) is 0. The Balaban J connectivity index is 1.73. The van der Waals surface area contributed by atoms with Crippen LogP contribution < -0.4 is 10.6 Å². The number of aromatic nitrogens is 1. The molecule has 3 rings (SSSR count). The largest absolute Gasteiger partial charge is 0.331 e. The highest BCUT2D eigenvalue weighted by Crippen LogP contribution is 2.25. The van der Waals surface area contributed by atoms with Crippen molar-refractivity contribution in [3.05, 3.63) is 69.7 Å². The first-order valence-corrected chi connectivity index (χ1v) is 8.99. The van der Waals surface area contributed by atoms with E-state index in [-0.39, 0.29) is 5.91 Å². The molecule has 3 aromatic rings. The lowest BCUT2D eigenvalue weighted by atomic mass is 10.1. The van der Waals surface area contributed by atoms with Gasteiger partial charge in [0.15, 0.2) is 5.13 Å². The maximum Gasteiger partial charge on any atom is 0.275 e. The number of carbonyl (C=O) groups excluding carboxylic acids is 1. The van der Waals surface area contributed by atoms with Gasteiger partial charge >= 0.3 is 0 Å². The average molecular weight is 351 g/mol. The van der Waals surface area contributed by atoms with Crippen LogP contribution in [0.1, 0.15) is 32.7 Å². The van der Waals surface area contributed by atoms with Crippen LogP contribution in [0.2, 0.25) is 0 Å². The van der Waals surface area contributed by atoms with Gasteiger partial charge in [0, 0.05) is 16.8 Å². The van der Waals surface area contributed by atoms with Gasteiger partial charge in [-0.2, -0.15) is 0 Å². The Kier molecular flexibility index (Phi) is 4.86. The van der Waals surface area contributed by atoms with Crippen molar-refractivity contribution in [2.75, 3.05) is 10.6 Å². The molecule has 1 amide bonds. The van der Waals surface area contributed by atoms with E-state index in [4.69, 9.17) is 0 Å². The van der Waals surface area contributed by atoms with Gasteiger partial charge in [-0.25, -0.2) is 4.98 Å². The predicted molar refractivity (Wildman–Crippen MR) is 105 cm³/mol. The molecule has 128 valence electrons. The van der Waals surface area contributed by atoms with Crippen molar-refractivity contribution >= 4 is 33.8 Å². The molecule has 0 saturated carbocycles. The molecule has 0 spiro atoms. The van der Waals surface area contributed by atoms with E-state index in [1.165, 1.54) is 22.5 Å². The molecule has 2 aromatic carbocycles. The number of thiazole rings is 1. The standard InChI is InChI=1S/C20H21N3OS/c1-12-5-7-16(14(3)9-12)21-19(24)18-11-25-20(23-18)22-17-8-6-13(2)10-15(17)4/h5-11H,1-4H3,(H,21,24)(H,22,23). The summed E-state index contributed by atoms with van der Waals surface area (Å²) < 4.78 is 0. The summed E-state index contributed by atoms with van der Waals surface area (Å²) in [6.45, 7) is 8.13. The minimum atomic E-state index is -0.197. The number of hydrogen-bond donors (Lipinski definition) is 2. The van der Waals surface area contributed by atoms with Crippen LogP contribution in [0.5, 0.6) is 0 Å². The van der Waals surface area contributed by atoms with Crippen molar-refractivity contribution in [1.82, 2.24) is 4.98 Å². The molecule has 0 bridgehead atoms. The molecule has 25 heavy (non-hydrogen) atoms. The van der Waals surface area contributed by atoms with Crippen LogP contribution in [-0.2, 0) is 0 Å². The first kappa shape index (κ1) is 17.2. The van der Waals surface area contributed by atoms with E-state index < -0.39 is 0 Å². The van der Waals surface area contributed by atoms with E-state index in [1.54, 1.807) is 5.38 Å². The highest BCUT2D eigenvalue weighted by atomic mass is 32.1. The highest BCUT2D eigenvalue weighted by Gasteiger charge is 2.13. The number of carbonyl (C=O) groups is 1. The SMILES string of the molecule is Cc1ccc(NC(=O)c2csc(Nc3ccc(C)cc3C)n2)c(C)c1. The molecule has 0 fully saturated rings. The molecule has 5 heteroatoms. The van der Waals surface area contributed by atoms with Gasteiger partial charge < -0.3 is 10.6 Å². The fourth-order valence-electron chi connectivity index (χ4n) is 2.64. The van der Waals surface area contributed by atoms with Gasteiger partial charge in [-0.1, -0.05) is 35.4 Å². The first-order chi connectivity index (χ1) is 11.9.